The average molecular weight is 192 g/mol. The largest absolute Gasteiger partial charge is 0.381 e. The van der Waals surface area contributed by atoms with Crippen LogP contribution in [0.3, 0.4) is 0 Å². The summed E-state index contributed by atoms with van der Waals surface area (Å²) in [6.07, 6.45) is 7.51. The van der Waals surface area contributed by atoms with Gasteiger partial charge in [-0.05, 0) is 31.9 Å². The minimum atomic E-state index is 0.540. The Morgan fingerprint density at radius 3 is 2.93 bits per heavy atom. The molecular formula is C12H20N2. The summed E-state index contributed by atoms with van der Waals surface area (Å²) in [7, 11) is 0. The minimum Gasteiger partial charge on any atom is -0.381 e. The second-order valence-electron chi connectivity index (χ2n) is 3.88. The van der Waals surface area contributed by atoms with Crippen molar-refractivity contribution in [2.24, 2.45) is 0 Å². The third-order valence-electron chi connectivity index (χ3n) is 2.43. The molecule has 1 aromatic heterocycles. The fourth-order valence-corrected chi connectivity index (χ4v) is 1.46. The van der Waals surface area contributed by atoms with Crippen LogP contribution in [0.5, 0.6) is 0 Å². The van der Waals surface area contributed by atoms with Gasteiger partial charge in [-0.1, -0.05) is 19.8 Å². The normalized spacial score (nSPS) is 12.5. The average Bonchev–Trinajstić information content (AvgIpc) is 2.18. The van der Waals surface area contributed by atoms with Gasteiger partial charge >= 0.3 is 0 Å². The number of pyridine rings is 1. The molecule has 0 aromatic carbocycles. The van der Waals surface area contributed by atoms with Crippen molar-refractivity contribution in [3.63, 3.8) is 0 Å². The highest BCUT2D eigenvalue weighted by Gasteiger charge is 2.02. The van der Waals surface area contributed by atoms with E-state index in [1.807, 2.05) is 18.5 Å². The Labute approximate surface area is 86.8 Å². The molecule has 0 saturated carbocycles. The second kappa shape index (κ2) is 5.63. The Kier molecular flexibility index (Phi) is 4.44. The van der Waals surface area contributed by atoms with E-state index in [0.29, 0.717) is 6.04 Å². The highest BCUT2D eigenvalue weighted by atomic mass is 14.9. The van der Waals surface area contributed by atoms with Crippen molar-refractivity contribution in [2.75, 3.05) is 5.32 Å². The summed E-state index contributed by atoms with van der Waals surface area (Å²) in [5.74, 6) is 0. The zero-order chi connectivity index (χ0) is 10.4. The van der Waals surface area contributed by atoms with E-state index in [1.54, 1.807) is 0 Å². The van der Waals surface area contributed by atoms with Gasteiger partial charge in [0, 0.05) is 12.2 Å². The molecule has 0 radical (unpaired) electrons. The molecule has 0 aliphatic carbocycles. The zero-order valence-corrected chi connectivity index (χ0v) is 9.38. The van der Waals surface area contributed by atoms with E-state index in [0.717, 1.165) is 5.69 Å². The van der Waals surface area contributed by atoms with Gasteiger partial charge in [0.15, 0.2) is 0 Å². The van der Waals surface area contributed by atoms with Crippen LogP contribution in [0.15, 0.2) is 18.5 Å². The number of anilines is 1. The Morgan fingerprint density at radius 1 is 1.50 bits per heavy atom. The molecule has 0 aliphatic heterocycles. The second-order valence-corrected chi connectivity index (χ2v) is 3.88. The first-order chi connectivity index (χ1) is 6.74. The van der Waals surface area contributed by atoms with Crippen LogP contribution in [-0.2, 0) is 0 Å². The van der Waals surface area contributed by atoms with Gasteiger partial charge in [0.05, 0.1) is 11.9 Å². The summed E-state index contributed by atoms with van der Waals surface area (Å²) in [5.41, 5.74) is 2.43. The fourth-order valence-electron chi connectivity index (χ4n) is 1.46. The smallest absolute Gasteiger partial charge is 0.0558 e. The molecule has 1 aromatic rings. The molecule has 1 rings (SSSR count). The van der Waals surface area contributed by atoms with Crippen molar-refractivity contribution in [1.82, 2.24) is 4.98 Å². The van der Waals surface area contributed by atoms with Crippen LogP contribution in [-0.4, -0.2) is 11.0 Å². The SMILES string of the molecule is CCCCC(C)Nc1cnccc1C. The molecule has 0 spiro atoms. The monoisotopic (exact) mass is 192 g/mol. The zero-order valence-electron chi connectivity index (χ0n) is 9.38. The van der Waals surface area contributed by atoms with Crippen molar-refractivity contribution in [3.05, 3.63) is 24.0 Å². The molecule has 2 nitrogen and oxygen atoms in total. The number of aromatic nitrogens is 1. The lowest BCUT2D eigenvalue weighted by atomic mass is 10.1. The number of rotatable bonds is 5. The molecule has 0 amide bonds. The van der Waals surface area contributed by atoms with E-state index in [4.69, 9.17) is 0 Å². The molecule has 0 saturated heterocycles. The first kappa shape index (κ1) is 11.0. The number of hydrogen-bond acceptors (Lipinski definition) is 2. The van der Waals surface area contributed by atoms with Crippen LogP contribution in [0.1, 0.15) is 38.7 Å². The van der Waals surface area contributed by atoms with Crippen molar-refractivity contribution in [2.45, 2.75) is 46.1 Å². The van der Waals surface area contributed by atoms with Gasteiger partial charge in [0.1, 0.15) is 0 Å². The van der Waals surface area contributed by atoms with Crippen LogP contribution in [0.25, 0.3) is 0 Å². The summed E-state index contributed by atoms with van der Waals surface area (Å²) >= 11 is 0. The Hall–Kier alpha value is -1.05. The molecule has 0 aliphatic rings. The highest BCUT2D eigenvalue weighted by molar-refractivity contribution is 5.48. The topological polar surface area (TPSA) is 24.9 Å². The standard InChI is InChI=1S/C12H20N2/c1-4-5-6-11(3)14-12-9-13-8-7-10(12)2/h7-9,11,14H,4-6H2,1-3H3. The summed E-state index contributed by atoms with van der Waals surface area (Å²) in [6.45, 7) is 6.56. The number of aryl methyl sites for hydroxylation is 1. The van der Waals surface area contributed by atoms with Crippen molar-refractivity contribution < 1.29 is 0 Å². The summed E-state index contributed by atoms with van der Waals surface area (Å²) in [5, 5.41) is 3.48. The Bertz CT molecular complexity index is 271. The quantitative estimate of drug-likeness (QED) is 0.773. The van der Waals surface area contributed by atoms with Crippen molar-refractivity contribution in [1.29, 1.82) is 0 Å². The van der Waals surface area contributed by atoms with Gasteiger partial charge in [-0.25, -0.2) is 0 Å². The van der Waals surface area contributed by atoms with E-state index in [9.17, 15) is 0 Å². The minimum absolute atomic E-state index is 0.540. The van der Waals surface area contributed by atoms with E-state index in [1.165, 1.54) is 24.8 Å². The first-order valence-corrected chi connectivity index (χ1v) is 5.41. The van der Waals surface area contributed by atoms with Crippen LogP contribution in [0.2, 0.25) is 0 Å². The predicted octanol–water partition coefficient (Wildman–Crippen LogP) is 3.38. The maximum atomic E-state index is 4.12. The molecule has 0 fully saturated rings. The molecule has 1 N–H and O–H groups in total. The van der Waals surface area contributed by atoms with Gasteiger partial charge < -0.3 is 5.32 Å². The molecule has 2 heteroatoms. The molecule has 1 atom stereocenters. The number of unbranched alkanes of at least 4 members (excludes halogenated alkanes) is 1. The highest BCUT2D eigenvalue weighted by Crippen LogP contribution is 2.14. The van der Waals surface area contributed by atoms with Crippen LogP contribution in [0, 0.1) is 6.92 Å². The number of hydrogen-bond donors (Lipinski definition) is 1. The number of nitrogens with zero attached hydrogens (tertiary/aromatic N) is 1. The molecule has 1 unspecified atom stereocenters. The van der Waals surface area contributed by atoms with E-state index >= 15 is 0 Å². The summed E-state index contributed by atoms with van der Waals surface area (Å²) in [4.78, 5) is 4.12. The first-order valence-electron chi connectivity index (χ1n) is 5.41. The predicted molar refractivity (Wildman–Crippen MR) is 61.6 cm³/mol. The maximum absolute atomic E-state index is 4.12. The lowest BCUT2D eigenvalue weighted by molar-refractivity contribution is 0.644. The van der Waals surface area contributed by atoms with Gasteiger partial charge in [-0.3, -0.25) is 4.98 Å². The fraction of sp³-hybridized carbons (Fsp3) is 0.583. The summed E-state index contributed by atoms with van der Waals surface area (Å²) in [6, 6.07) is 2.58. The van der Waals surface area contributed by atoms with Crippen LogP contribution in [0.4, 0.5) is 5.69 Å². The van der Waals surface area contributed by atoms with E-state index < -0.39 is 0 Å². The molecule has 14 heavy (non-hydrogen) atoms. The van der Waals surface area contributed by atoms with Crippen LogP contribution >= 0.6 is 0 Å². The third kappa shape index (κ3) is 3.36. The van der Waals surface area contributed by atoms with Crippen molar-refractivity contribution in [3.8, 4) is 0 Å². The van der Waals surface area contributed by atoms with E-state index in [2.05, 4.69) is 31.1 Å². The molecule has 1 heterocycles. The maximum Gasteiger partial charge on any atom is 0.0558 e. The number of nitrogens with one attached hydrogen (secondary N) is 1. The lowest BCUT2D eigenvalue weighted by Crippen LogP contribution is -2.15. The Morgan fingerprint density at radius 2 is 2.29 bits per heavy atom. The van der Waals surface area contributed by atoms with Crippen molar-refractivity contribution >= 4 is 5.69 Å². The van der Waals surface area contributed by atoms with Gasteiger partial charge in [0.25, 0.3) is 0 Å². The third-order valence-corrected chi connectivity index (χ3v) is 2.43. The molecule has 78 valence electrons. The molecule has 0 bridgehead atoms. The Balaban J connectivity index is 2.47. The summed E-state index contributed by atoms with van der Waals surface area (Å²) < 4.78 is 0. The van der Waals surface area contributed by atoms with E-state index in [-0.39, 0.29) is 0 Å². The van der Waals surface area contributed by atoms with Gasteiger partial charge in [-0.15, -0.1) is 0 Å². The lowest BCUT2D eigenvalue weighted by Gasteiger charge is -2.15. The molecular weight excluding hydrogens is 172 g/mol. The van der Waals surface area contributed by atoms with Crippen LogP contribution < -0.4 is 5.32 Å². The van der Waals surface area contributed by atoms with Gasteiger partial charge in [0.2, 0.25) is 0 Å². The van der Waals surface area contributed by atoms with Gasteiger partial charge in [-0.2, -0.15) is 0 Å².